The number of hydrogen-bond acceptors (Lipinski definition) is 1. The summed E-state index contributed by atoms with van der Waals surface area (Å²) in [7, 11) is 0. The lowest BCUT2D eigenvalue weighted by Crippen LogP contribution is -2.15. The van der Waals surface area contributed by atoms with Gasteiger partial charge in [0.25, 0.3) is 0 Å². The van der Waals surface area contributed by atoms with E-state index >= 15 is 0 Å². The predicted octanol–water partition coefficient (Wildman–Crippen LogP) is 1.92. The summed E-state index contributed by atoms with van der Waals surface area (Å²) in [5.74, 6) is 0. The molecule has 0 fully saturated rings. The molecule has 0 rings (SSSR count). The van der Waals surface area contributed by atoms with Gasteiger partial charge in [-0.15, -0.1) is 0 Å². The standard InChI is InChI=1S/C5H10Br2O/c1-4(8)5(7)2-3-6/h4-5,8H,2-3H2,1H3. The van der Waals surface area contributed by atoms with Crippen LogP contribution in [0.3, 0.4) is 0 Å². The van der Waals surface area contributed by atoms with Gasteiger partial charge < -0.3 is 5.11 Å². The second kappa shape index (κ2) is 4.77. The summed E-state index contributed by atoms with van der Waals surface area (Å²) >= 11 is 6.60. The van der Waals surface area contributed by atoms with Gasteiger partial charge in [0.1, 0.15) is 0 Å². The Morgan fingerprint density at radius 1 is 1.62 bits per heavy atom. The molecule has 0 spiro atoms. The number of aliphatic hydroxyl groups is 1. The largest absolute Gasteiger partial charge is 0.392 e. The number of aliphatic hydroxyl groups excluding tert-OH is 1. The molecule has 0 aromatic heterocycles. The molecule has 0 heterocycles. The van der Waals surface area contributed by atoms with Crippen molar-refractivity contribution in [1.82, 2.24) is 0 Å². The minimum Gasteiger partial charge on any atom is -0.392 e. The fraction of sp³-hybridized carbons (Fsp3) is 1.00. The summed E-state index contributed by atoms with van der Waals surface area (Å²) in [5.41, 5.74) is 0. The normalized spacial score (nSPS) is 18.0. The highest BCUT2D eigenvalue weighted by atomic mass is 79.9. The maximum atomic E-state index is 8.88. The minimum atomic E-state index is -0.243. The maximum absolute atomic E-state index is 8.88. The molecule has 0 aromatic rings. The third-order valence-corrected chi connectivity index (χ3v) is 2.59. The van der Waals surface area contributed by atoms with Crippen LogP contribution in [0.4, 0.5) is 0 Å². The van der Waals surface area contributed by atoms with Crippen LogP contribution in [-0.2, 0) is 0 Å². The van der Waals surface area contributed by atoms with E-state index in [0.717, 1.165) is 11.8 Å². The summed E-state index contributed by atoms with van der Waals surface area (Å²) in [6.07, 6.45) is 0.727. The van der Waals surface area contributed by atoms with Crippen molar-refractivity contribution in [2.45, 2.75) is 24.3 Å². The molecule has 1 N–H and O–H groups in total. The van der Waals surface area contributed by atoms with Crippen LogP contribution in [-0.4, -0.2) is 21.4 Å². The average molecular weight is 246 g/mol. The molecule has 8 heavy (non-hydrogen) atoms. The summed E-state index contributed by atoms with van der Waals surface area (Å²) in [5, 5.41) is 9.82. The zero-order chi connectivity index (χ0) is 6.57. The van der Waals surface area contributed by atoms with Crippen molar-refractivity contribution in [3.05, 3.63) is 0 Å². The molecule has 0 amide bonds. The zero-order valence-electron chi connectivity index (χ0n) is 4.77. The van der Waals surface area contributed by atoms with Crippen molar-refractivity contribution in [2.24, 2.45) is 0 Å². The Bertz CT molecular complexity index is 56.4. The van der Waals surface area contributed by atoms with Crippen molar-refractivity contribution in [2.75, 3.05) is 5.33 Å². The molecule has 50 valence electrons. The van der Waals surface area contributed by atoms with Gasteiger partial charge in [-0.1, -0.05) is 31.9 Å². The second-order valence-electron chi connectivity index (χ2n) is 1.73. The Hall–Kier alpha value is 0.920. The molecule has 0 saturated heterocycles. The van der Waals surface area contributed by atoms with E-state index in [0.29, 0.717) is 0 Å². The first-order valence-electron chi connectivity index (χ1n) is 2.56. The highest BCUT2D eigenvalue weighted by Crippen LogP contribution is 2.10. The van der Waals surface area contributed by atoms with Gasteiger partial charge >= 0.3 is 0 Å². The quantitative estimate of drug-likeness (QED) is 0.754. The van der Waals surface area contributed by atoms with Crippen LogP contribution in [0.1, 0.15) is 13.3 Å². The minimum absolute atomic E-state index is 0.238. The van der Waals surface area contributed by atoms with Crippen LogP contribution in [0, 0.1) is 0 Å². The van der Waals surface area contributed by atoms with Crippen LogP contribution < -0.4 is 0 Å². The van der Waals surface area contributed by atoms with Crippen LogP contribution in [0.25, 0.3) is 0 Å². The van der Waals surface area contributed by atoms with Gasteiger partial charge in [0, 0.05) is 10.2 Å². The first-order valence-corrected chi connectivity index (χ1v) is 4.60. The van der Waals surface area contributed by atoms with E-state index in [1.165, 1.54) is 0 Å². The Kier molecular flexibility index (Phi) is 5.31. The Morgan fingerprint density at radius 3 is 2.25 bits per heavy atom. The molecule has 0 aliphatic heterocycles. The summed E-state index contributed by atoms with van der Waals surface area (Å²) in [6, 6.07) is 0. The molecular weight excluding hydrogens is 236 g/mol. The number of rotatable bonds is 3. The maximum Gasteiger partial charge on any atom is 0.0637 e. The van der Waals surface area contributed by atoms with Crippen molar-refractivity contribution in [1.29, 1.82) is 0 Å². The highest BCUT2D eigenvalue weighted by Gasteiger charge is 2.07. The van der Waals surface area contributed by atoms with Crippen molar-refractivity contribution >= 4 is 31.9 Å². The van der Waals surface area contributed by atoms with Crippen LogP contribution in [0.5, 0.6) is 0 Å². The Labute approximate surface area is 66.7 Å². The van der Waals surface area contributed by atoms with Gasteiger partial charge in [-0.05, 0) is 13.3 Å². The fourth-order valence-corrected chi connectivity index (χ4v) is 1.68. The van der Waals surface area contributed by atoms with Gasteiger partial charge in [0.05, 0.1) is 6.10 Å². The lowest BCUT2D eigenvalue weighted by atomic mass is 10.2. The van der Waals surface area contributed by atoms with Crippen LogP contribution in [0.2, 0.25) is 0 Å². The molecule has 3 heteroatoms. The molecule has 2 atom stereocenters. The van der Waals surface area contributed by atoms with Crippen LogP contribution in [0.15, 0.2) is 0 Å². The fourth-order valence-electron chi connectivity index (χ4n) is 0.345. The monoisotopic (exact) mass is 244 g/mol. The lowest BCUT2D eigenvalue weighted by molar-refractivity contribution is 0.192. The molecule has 0 radical (unpaired) electrons. The van der Waals surface area contributed by atoms with Crippen molar-refractivity contribution in [3.8, 4) is 0 Å². The smallest absolute Gasteiger partial charge is 0.0637 e. The van der Waals surface area contributed by atoms with E-state index in [2.05, 4.69) is 31.9 Å². The van der Waals surface area contributed by atoms with Gasteiger partial charge in [-0.3, -0.25) is 0 Å². The van der Waals surface area contributed by atoms with Crippen molar-refractivity contribution < 1.29 is 5.11 Å². The molecule has 0 aromatic carbocycles. The summed E-state index contributed by atoms with van der Waals surface area (Å²) < 4.78 is 0. The molecule has 2 unspecified atom stereocenters. The lowest BCUT2D eigenvalue weighted by Gasteiger charge is -2.09. The molecular formula is C5H10Br2O. The number of alkyl halides is 2. The van der Waals surface area contributed by atoms with E-state index in [-0.39, 0.29) is 10.9 Å². The predicted molar refractivity (Wildman–Crippen MR) is 42.8 cm³/mol. The van der Waals surface area contributed by atoms with E-state index in [4.69, 9.17) is 5.11 Å². The SMILES string of the molecule is CC(O)C(Br)CCBr. The van der Waals surface area contributed by atoms with E-state index in [9.17, 15) is 0 Å². The average Bonchev–Trinajstić information content (AvgIpc) is 1.67. The van der Waals surface area contributed by atoms with Gasteiger partial charge in [-0.2, -0.15) is 0 Å². The van der Waals surface area contributed by atoms with Gasteiger partial charge in [0.15, 0.2) is 0 Å². The number of halogens is 2. The van der Waals surface area contributed by atoms with E-state index < -0.39 is 0 Å². The third kappa shape index (κ3) is 3.87. The van der Waals surface area contributed by atoms with Crippen LogP contribution >= 0.6 is 31.9 Å². The first-order chi connectivity index (χ1) is 3.68. The van der Waals surface area contributed by atoms with E-state index in [1.54, 1.807) is 6.92 Å². The topological polar surface area (TPSA) is 20.2 Å². The molecule has 0 aliphatic rings. The van der Waals surface area contributed by atoms with Gasteiger partial charge in [0.2, 0.25) is 0 Å². The third-order valence-electron chi connectivity index (χ3n) is 0.908. The Balaban J connectivity index is 3.17. The molecule has 1 nitrogen and oxygen atoms in total. The second-order valence-corrected chi connectivity index (χ2v) is 3.70. The van der Waals surface area contributed by atoms with E-state index in [1.807, 2.05) is 0 Å². The molecule has 0 aliphatic carbocycles. The Morgan fingerprint density at radius 2 is 2.12 bits per heavy atom. The molecule has 0 saturated carbocycles. The highest BCUT2D eigenvalue weighted by molar-refractivity contribution is 9.10. The summed E-state index contributed by atoms with van der Waals surface area (Å²) in [6.45, 7) is 1.78. The zero-order valence-corrected chi connectivity index (χ0v) is 7.94. The summed E-state index contributed by atoms with van der Waals surface area (Å²) in [4.78, 5) is 0.238. The number of hydrogen-bond donors (Lipinski definition) is 1. The molecule has 0 bridgehead atoms. The van der Waals surface area contributed by atoms with Gasteiger partial charge in [-0.25, -0.2) is 0 Å². The van der Waals surface area contributed by atoms with Crippen molar-refractivity contribution in [3.63, 3.8) is 0 Å². The first kappa shape index (κ1) is 8.92.